The maximum Gasteiger partial charge on any atom is 0.127 e. The van der Waals surface area contributed by atoms with Crippen molar-refractivity contribution in [3.05, 3.63) is 63.4 Å². The van der Waals surface area contributed by atoms with Crippen LogP contribution in [-0.4, -0.2) is 7.05 Å². The van der Waals surface area contributed by atoms with E-state index in [1.54, 1.807) is 24.3 Å². The quantitative estimate of drug-likeness (QED) is 0.835. The Kier molecular flexibility index (Phi) is 5.45. The molecule has 0 amide bonds. The van der Waals surface area contributed by atoms with Gasteiger partial charge in [-0.25, -0.2) is 4.39 Å². The maximum absolute atomic E-state index is 13.4. The summed E-state index contributed by atoms with van der Waals surface area (Å²) in [7, 11) is 1.84. The fourth-order valence-electron chi connectivity index (χ4n) is 1.94. The Bertz CT molecular complexity index is 634. The van der Waals surface area contributed by atoms with Crippen LogP contribution in [0, 0.1) is 5.82 Å². The van der Waals surface area contributed by atoms with Crippen LogP contribution in [0.4, 0.5) is 4.39 Å². The second-order valence-corrected chi connectivity index (χ2v) is 5.56. The van der Waals surface area contributed by atoms with Crippen LogP contribution in [0.1, 0.15) is 24.1 Å². The van der Waals surface area contributed by atoms with Crippen molar-refractivity contribution in [1.82, 2.24) is 5.32 Å². The molecule has 0 aliphatic carbocycles. The lowest BCUT2D eigenvalue weighted by Gasteiger charge is -2.17. The van der Waals surface area contributed by atoms with E-state index in [1.807, 2.05) is 14.0 Å². The number of hydrogen-bond donors (Lipinski definition) is 1. The highest BCUT2D eigenvalue weighted by Gasteiger charge is 2.12. The summed E-state index contributed by atoms with van der Waals surface area (Å²) < 4.78 is 19.2. The lowest BCUT2D eigenvalue weighted by Crippen LogP contribution is -2.14. The largest absolute Gasteiger partial charge is 0.488 e. The molecule has 0 fully saturated rings. The summed E-state index contributed by atoms with van der Waals surface area (Å²) >= 11 is 12.0. The molecule has 21 heavy (non-hydrogen) atoms. The van der Waals surface area contributed by atoms with Gasteiger partial charge in [0.25, 0.3) is 0 Å². The normalized spacial score (nSPS) is 12.2. The first-order valence-electron chi connectivity index (χ1n) is 6.54. The van der Waals surface area contributed by atoms with Crippen LogP contribution in [0.25, 0.3) is 0 Å². The van der Waals surface area contributed by atoms with Gasteiger partial charge in [-0.2, -0.15) is 0 Å². The SMILES string of the molecule is CNC(C)c1ccc(F)cc1OCc1ccc(Cl)cc1Cl. The molecule has 5 heteroatoms. The van der Waals surface area contributed by atoms with Gasteiger partial charge in [0.1, 0.15) is 18.2 Å². The van der Waals surface area contributed by atoms with E-state index < -0.39 is 0 Å². The van der Waals surface area contributed by atoms with Crippen molar-refractivity contribution in [3.63, 3.8) is 0 Å². The summed E-state index contributed by atoms with van der Waals surface area (Å²) in [6.07, 6.45) is 0. The lowest BCUT2D eigenvalue weighted by molar-refractivity contribution is 0.298. The predicted molar refractivity (Wildman–Crippen MR) is 84.7 cm³/mol. The monoisotopic (exact) mass is 327 g/mol. The van der Waals surface area contributed by atoms with Crippen molar-refractivity contribution in [3.8, 4) is 5.75 Å². The molecule has 0 heterocycles. The molecule has 1 unspecified atom stereocenters. The van der Waals surface area contributed by atoms with Crippen molar-refractivity contribution in [1.29, 1.82) is 0 Å². The van der Waals surface area contributed by atoms with Crippen LogP contribution in [-0.2, 0) is 6.61 Å². The topological polar surface area (TPSA) is 21.3 Å². The second kappa shape index (κ2) is 7.12. The summed E-state index contributed by atoms with van der Waals surface area (Å²) in [5.41, 5.74) is 1.69. The predicted octanol–water partition coefficient (Wildman–Crippen LogP) is 4.99. The molecule has 0 aliphatic heterocycles. The summed E-state index contributed by atoms with van der Waals surface area (Å²) in [6, 6.07) is 9.78. The lowest BCUT2D eigenvalue weighted by atomic mass is 10.1. The van der Waals surface area contributed by atoms with E-state index in [2.05, 4.69) is 5.32 Å². The number of benzene rings is 2. The number of rotatable bonds is 5. The van der Waals surface area contributed by atoms with Crippen molar-refractivity contribution >= 4 is 23.2 Å². The third-order valence-corrected chi connectivity index (χ3v) is 3.86. The van der Waals surface area contributed by atoms with Gasteiger partial charge < -0.3 is 10.1 Å². The van der Waals surface area contributed by atoms with Crippen molar-refractivity contribution in [2.45, 2.75) is 19.6 Å². The molecule has 2 rings (SSSR count). The Morgan fingerprint density at radius 1 is 1.19 bits per heavy atom. The Labute approximate surface area is 133 Å². The summed E-state index contributed by atoms with van der Waals surface area (Å²) in [5.74, 6) is 0.169. The fourth-order valence-corrected chi connectivity index (χ4v) is 2.40. The summed E-state index contributed by atoms with van der Waals surface area (Å²) in [4.78, 5) is 0. The zero-order chi connectivity index (χ0) is 15.4. The molecular formula is C16H16Cl2FNO. The first-order valence-corrected chi connectivity index (χ1v) is 7.30. The van der Waals surface area contributed by atoms with E-state index in [0.717, 1.165) is 11.1 Å². The van der Waals surface area contributed by atoms with Gasteiger partial charge in [0.15, 0.2) is 0 Å². The first kappa shape index (κ1) is 16.1. The zero-order valence-corrected chi connectivity index (χ0v) is 13.3. The molecule has 2 nitrogen and oxygen atoms in total. The molecule has 0 bridgehead atoms. The van der Waals surface area contributed by atoms with E-state index in [1.165, 1.54) is 12.1 Å². The van der Waals surface area contributed by atoms with Crippen LogP contribution in [0.2, 0.25) is 10.0 Å². The van der Waals surface area contributed by atoms with Crippen LogP contribution >= 0.6 is 23.2 Å². The molecule has 2 aromatic carbocycles. The number of halogens is 3. The smallest absolute Gasteiger partial charge is 0.127 e. The standard InChI is InChI=1S/C16H16Cl2FNO/c1-10(20-2)14-6-5-13(19)8-16(14)21-9-11-3-4-12(17)7-15(11)18/h3-8,10,20H,9H2,1-2H3. The molecule has 1 atom stereocenters. The minimum absolute atomic E-state index is 0.0567. The van der Waals surface area contributed by atoms with E-state index >= 15 is 0 Å². The van der Waals surface area contributed by atoms with E-state index in [4.69, 9.17) is 27.9 Å². The summed E-state index contributed by atoms with van der Waals surface area (Å²) in [6.45, 7) is 2.23. The highest BCUT2D eigenvalue weighted by molar-refractivity contribution is 6.35. The molecule has 0 spiro atoms. The number of hydrogen-bond acceptors (Lipinski definition) is 2. The Hall–Kier alpha value is -1.29. The van der Waals surface area contributed by atoms with Crippen molar-refractivity contribution in [2.75, 3.05) is 7.05 Å². The Morgan fingerprint density at radius 3 is 2.62 bits per heavy atom. The fraction of sp³-hybridized carbons (Fsp3) is 0.250. The minimum atomic E-state index is -0.334. The van der Waals surface area contributed by atoms with E-state index in [9.17, 15) is 4.39 Å². The van der Waals surface area contributed by atoms with Gasteiger partial charge >= 0.3 is 0 Å². The van der Waals surface area contributed by atoms with Gasteiger partial charge in [-0.3, -0.25) is 0 Å². The summed E-state index contributed by atoms with van der Waals surface area (Å²) in [5, 5.41) is 4.21. The van der Waals surface area contributed by atoms with Crippen LogP contribution in [0.15, 0.2) is 36.4 Å². The van der Waals surface area contributed by atoms with Crippen LogP contribution in [0.5, 0.6) is 5.75 Å². The average molecular weight is 328 g/mol. The molecule has 0 saturated heterocycles. The Morgan fingerprint density at radius 2 is 1.95 bits per heavy atom. The first-order chi connectivity index (χ1) is 10.0. The third kappa shape index (κ3) is 4.10. The molecular weight excluding hydrogens is 312 g/mol. The third-order valence-electron chi connectivity index (χ3n) is 3.27. The number of nitrogens with one attached hydrogen (secondary N) is 1. The van der Waals surface area contributed by atoms with Gasteiger partial charge in [0.2, 0.25) is 0 Å². The molecule has 0 saturated carbocycles. The molecule has 0 aliphatic rings. The van der Waals surface area contributed by atoms with E-state index in [0.29, 0.717) is 15.8 Å². The van der Waals surface area contributed by atoms with Gasteiger partial charge in [-0.15, -0.1) is 0 Å². The maximum atomic E-state index is 13.4. The highest BCUT2D eigenvalue weighted by atomic mass is 35.5. The highest BCUT2D eigenvalue weighted by Crippen LogP contribution is 2.28. The van der Waals surface area contributed by atoms with Crippen LogP contribution < -0.4 is 10.1 Å². The van der Waals surface area contributed by atoms with Crippen LogP contribution in [0.3, 0.4) is 0 Å². The van der Waals surface area contributed by atoms with E-state index in [-0.39, 0.29) is 18.5 Å². The van der Waals surface area contributed by atoms with Gasteiger partial charge in [-0.1, -0.05) is 35.3 Å². The number of ether oxygens (including phenoxy) is 1. The van der Waals surface area contributed by atoms with Gasteiger partial charge in [0, 0.05) is 33.3 Å². The molecule has 0 aromatic heterocycles. The minimum Gasteiger partial charge on any atom is -0.488 e. The van der Waals surface area contributed by atoms with Crippen molar-refractivity contribution in [2.24, 2.45) is 0 Å². The molecule has 2 aromatic rings. The second-order valence-electron chi connectivity index (χ2n) is 4.72. The Balaban J connectivity index is 2.21. The molecule has 1 N–H and O–H groups in total. The average Bonchev–Trinajstić information content (AvgIpc) is 2.45. The zero-order valence-electron chi connectivity index (χ0n) is 11.8. The molecule has 112 valence electrons. The van der Waals surface area contributed by atoms with Gasteiger partial charge in [-0.05, 0) is 32.2 Å². The molecule has 0 radical (unpaired) electrons. The van der Waals surface area contributed by atoms with Gasteiger partial charge in [0.05, 0.1) is 0 Å². The van der Waals surface area contributed by atoms with Crippen molar-refractivity contribution < 1.29 is 9.13 Å².